The fourth-order valence-electron chi connectivity index (χ4n) is 3.50. The number of benzene rings is 2. The van der Waals surface area contributed by atoms with E-state index in [0.29, 0.717) is 19.2 Å². The average molecular weight is 486 g/mol. The first kappa shape index (κ1) is 24.3. The molecule has 6 nitrogen and oxygen atoms in total. The smallest absolute Gasteiger partial charge is 0.338 e. The lowest BCUT2D eigenvalue weighted by atomic mass is 10.0. The topological polar surface area (TPSA) is 80.8 Å². The summed E-state index contributed by atoms with van der Waals surface area (Å²) in [5.41, 5.74) is -0.272. The minimum Gasteiger partial charge on any atom is -0.451 e. The lowest BCUT2D eigenvalue weighted by Crippen LogP contribution is -2.39. The van der Waals surface area contributed by atoms with Crippen LogP contribution in [0, 0.1) is 17.6 Å². The second-order valence-corrected chi connectivity index (χ2v) is 10.1. The predicted molar refractivity (Wildman–Crippen MR) is 114 cm³/mol. The van der Waals surface area contributed by atoms with Crippen molar-refractivity contribution in [1.82, 2.24) is 4.31 Å². The molecule has 172 valence electrons. The Hall–Kier alpha value is -2.36. The number of sulfonamides is 1. The van der Waals surface area contributed by atoms with Gasteiger partial charge in [0, 0.05) is 18.7 Å². The quantitative estimate of drug-likeness (QED) is 0.445. The van der Waals surface area contributed by atoms with E-state index in [4.69, 9.17) is 16.3 Å². The van der Waals surface area contributed by atoms with Crippen LogP contribution in [0.15, 0.2) is 41.3 Å². The number of esters is 1. The van der Waals surface area contributed by atoms with Crippen LogP contribution < -0.4 is 0 Å². The molecule has 0 N–H and O–H groups in total. The molecule has 3 rings (SSSR count). The van der Waals surface area contributed by atoms with Gasteiger partial charge in [0.05, 0.1) is 10.6 Å². The Morgan fingerprint density at radius 2 is 1.81 bits per heavy atom. The maximum atomic E-state index is 13.4. The van der Waals surface area contributed by atoms with Crippen LogP contribution in [0.2, 0.25) is 5.02 Å². The second kappa shape index (κ2) is 9.64. The van der Waals surface area contributed by atoms with Gasteiger partial charge in [-0.2, -0.15) is 4.31 Å². The molecule has 0 aromatic heterocycles. The van der Waals surface area contributed by atoms with Gasteiger partial charge in [-0.1, -0.05) is 18.5 Å². The van der Waals surface area contributed by atoms with Gasteiger partial charge in [-0.3, -0.25) is 4.79 Å². The largest absolute Gasteiger partial charge is 0.451 e. The number of ketones is 1. The highest BCUT2D eigenvalue weighted by atomic mass is 35.5. The molecule has 0 aliphatic carbocycles. The third-order valence-corrected chi connectivity index (χ3v) is 7.61. The minimum atomic E-state index is -3.93. The van der Waals surface area contributed by atoms with Crippen molar-refractivity contribution >= 4 is 33.4 Å². The molecule has 2 aromatic rings. The molecule has 2 atom stereocenters. The van der Waals surface area contributed by atoms with Crippen LogP contribution in [0.4, 0.5) is 8.78 Å². The Kier molecular flexibility index (Phi) is 7.32. The molecular weight excluding hydrogens is 464 g/mol. The normalized spacial score (nSPS) is 18.2. The average Bonchev–Trinajstić information content (AvgIpc) is 2.75. The van der Waals surface area contributed by atoms with E-state index >= 15 is 0 Å². The summed E-state index contributed by atoms with van der Waals surface area (Å²) in [5, 5.41) is -0.0364. The molecule has 0 amide bonds. The van der Waals surface area contributed by atoms with Gasteiger partial charge in [-0.25, -0.2) is 22.0 Å². The lowest BCUT2D eigenvalue weighted by Gasteiger charge is -2.30. The third-order valence-electron chi connectivity index (χ3n) is 5.26. The highest BCUT2D eigenvalue weighted by Crippen LogP contribution is 2.29. The van der Waals surface area contributed by atoms with E-state index in [1.165, 1.54) is 23.4 Å². The van der Waals surface area contributed by atoms with Crippen LogP contribution >= 0.6 is 11.6 Å². The van der Waals surface area contributed by atoms with Crippen LogP contribution in [-0.4, -0.2) is 43.7 Å². The molecule has 10 heteroatoms. The highest BCUT2D eigenvalue weighted by molar-refractivity contribution is 7.89. The van der Waals surface area contributed by atoms with Gasteiger partial charge >= 0.3 is 5.97 Å². The lowest BCUT2D eigenvalue weighted by molar-refractivity contribution is 0.0318. The van der Waals surface area contributed by atoms with Gasteiger partial charge in [0.1, 0.15) is 4.90 Å². The summed E-state index contributed by atoms with van der Waals surface area (Å²) >= 11 is 6.13. The summed E-state index contributed by atoms with van der Waals surface area (Å²) in [7, 11) is -3.93. The Morgan fingerprint density at radius 3 is 2.47 bits per heavy atom. The van der Waals surface area contributed by atoms with Gasteiger partial charge in [0.2, 0.25) is 15.8 Å². The molecule has 1 fully saturated rings. The van der Waals surface area contributed by atoms with E-state index in [1.807, 2.05) is 6.92 Å². The molecule has 0 radical (unpaired) electrons. The van der Waals surface area contributed by atoms with E-state index in [1.54, 1.807) is 0 Å². The van der Waals surface area contributed by atoms with E-state index in [0.717, 1.165) is 31.0 Å². The molecule has 0 unspecified atom stereocenters. The maximum absolute atomic E-state index is 13.4. The van der Waals surface area contributed by atoms with Crippen LogP contribution in [0.1, 0.15) is 47.4 Å². The standard InChI is InChI=1S/C22H22ClF2NO5S/c1-13-4-3-9-26(12-13)32(29,30)20-11-16(5-7-17(20)23)22(28)31-14(2)21(27)15-6-8-18(24)19(25)10-15/h5-8,10-11,13-14H,3-4,9,12H2,1-2H3/t13-,14+/m0/s1. The van der Waals surface area contributed by atoms with Gasteiger partial charge in [0.25, 0.3) is 0 Å². The summed E-state index contributed by atoms with van der Waals surface area (Å²) in [6.45, 7) is 3.96. The first-order valence-electron chi connectivity index (χ1n) is 10.0. The predicted octanol–water partition coefficient (Wildman–Crippen LogP) is 4.47. The van der Waals surface area contributed by atoms with Crippen molar-refractivity contribution in [2.45, 2.75) is 37.7 Å². The molecule has 0 bridgehead atoms. The number of hydrogen-bond donors (Lipinski definition) is 0. The number of halogens is 3. The zero-order valence-electron chi connectivity index (χ0n) is 17.5. The van der Waals surface area contributed by atoms with Gasteiger partial charge < -0.3 is 4.74 Å². The summed E-state index contributed by atoms with van der Waals surface area (Å²) in [4.78, 5) is 24.8. The first-order chi connectivity index (χ1) is 15.0. The van der Waals surface area contributed by atoms with Gasteiger partial charge in [-0.05, 0) is 62.1 Å². The maximum Gasteiger partial charge on any atom is 0.338 e. The summed E-state index contributed by atoms with van der Waals surface area (Å²) < 4.78 is 59.1. The molecule has 1 saturated heterocycles. The van der Waals surface area contributed by atoms with E-state index in [-0.39, 0.29) is 27.0 Å². The van der Waals surface area contributed by atoms with Crippen LogP contribution in [0.25, 0.3) is 0 Å². The Labute approximate surface area is 190 Å². The van der Waals surface area contributed by atoms with Crippen molar-refractivity contribution in [2.75, 3.05) is 13.1 Å². The van der Waals surface area contributed by atoms with Crippen LogP contribution in [0.3, 0.4) is 0 Å². The van der Waals surface area contributed by atoms with Gasteiger partial charge in [0.15, 0.2) is 17.7 Å². The number of ether oxygens (including phenoxy) is 1. The summed E-state index contributed by atoms with van der Waals surface area (Å²) in [5.74, 6) is -3.79. The fourth-order valence-corrected chi connectivity index (χ4v) is 5.60. The van der Waals surface area contributed by atoms with Crippen molar-refractivity contribution in [3.05, 3.63) is 64.2 Å². The molecule has 2 aromatic carbocycles. The fraction of sp³-hybridized carbons (Fsp3) is 0.364. The number of carbonyl (C=O) groups is 2. The number of nitrogens with zero attached hydrogens (tertiary/aromatic N) is 1. The van der Waals surface area contributed by atoms with Crippen molar-refractivity contribution < 1.29 is 31.5 Å². The number of hydrogen-bond acceptors (Lipinski definition) is 5. The number of Topliss-reactive ketones (excluding diaryl/α,β-unsaturated/α-hetero) is 1. The SMILES string of the molecule is C[C@H]1CCCN(S(=O)(=O)c2cc(C(=O)O[C@H](C)C(=O)c3ccc(F)c(F)c3)ccc2Cl)C1. The van der Waals surface area contributed by atoms with Gasteiger partial charge in [-0.15, -0.1) is 0 Å². The molecule has 0 saturated carbocycles. The Bertz CT molecular complexity index is 1160. The number of carbonyl (C=O) groups excluding carboxylic acids is 2. The second-order valence-electron chi connectivity index (χ2n) is 7.80. The minimum absolute atomic E-state index is 0.0364. The van der Waals surface area contributed by atoms with E-state index < -0.39 is 39.5 Å². The Balaban J connectivity index is 1.80. The molecular formula is C22H22ClF2NO5S. The molecule has 1 heterocycles. The molecule has 1 aliphatic heterocycles. The van der Waals surface area contributed by atoms with Crippen LogP contribution in [-0.2, 0) is 14.8 Å². The third kappa shape index (κ3) is 5.16. The monoisotopic (exact) mass is 485 g/mol. The van der Waals surface area contributed by atoms with Crippen molar-refractivity contribution in [2.24, 2.45) is 5.92 Å². The first-order valence-corrected chi connectivity index (χ1v) is 11.8. The zero-order valence-corrected chi connectivity index (χ0v) is 19.1. The van der Waals surface area contributed by atoms with Crippen molar-refractivity contribution in [3.8, 4) is 0 Å². The zero-order chi connectivity index (χ0) is 23.6. The number of rotatable bonds is 6. The molecule has 0 spiro atoms. The summed E-state index contributed by atoms with van der Waals surface area (Å²) in [6, 6.07) is 6.28. The molecule has 1 aliphatic rings. The Morgan fingerprint density at radius 1 is 1.12 bits per heavy atom. The number of piperidine rings is 1. The van der Waals surface area contributed by atoms with Crippen molar-refractivity contribution in [3.63, 3.8) is 0 Å². The van der Waals surface area contributed by atoms with E-state index in [2.05, 4.69) is 0 Å². The van der Waals surface area contributed by atoms with E-state index in [9.17, 15) is 26.8 Å². The highest BCUT2D eigenvalue weighted by Gasteiger charge is 2.31. The van der Waals surface area contributed by atoms with Crippen LogP contribution in [0.5, 0.6) is 0 Å². The molecule has 32 heavy (non-hydrogen) atoms. The van der Waals surface area contributed by atoms with Crippen molar-refractivity contribution in [1.29, 1.82) is 0 Å². The summed E-state index contributed by atoms with van der Waals surface area (Å²) in [6.07, 6.45) is 0.338.